The van der Waals surface area contributed by atoms with E-state index in [1.165, 1.54) is 19.1 Å². The van der Waals surface area contributed by atoms with Gasteiger partial charge in [0.25, 0.3) is 11.8 Å². The monoisotopic (exact) mass is 397 g/mol. The Balaban J connectivity index is 1.39. The van der Waals surface area contributed by atoms with Crippen LogP contribution in [0, 0.1) is 6.92 Å². The van der Waals surface area contributed by atoms with Crippen LogP contribution in [0.15, 0.2) is 28.9 Å². The van der Waals surface area contributed by atoms with Crippen molar-refractivity contribution in [2.45, 2.75) is 57.4 Å². The van der Waals surface area contributed by atoms with Crippen LogP contribution in [0.3, 0.4) is 0 Å². The molecule has 1 aromatic carbocycles. The van der Waals surface area contributed by atoms with Gasteiger partial charge in [-0.3, -0.25) is 9.59 Å². The van der Waals surface area contributed by atoms with Crippen molar-refractivity contribution >= 4 is 17.5 Å². The van der Waals surface area contributed by atoms with Gasteiger partial charge >= 0.3 is 0 Å². The normalized spacial score (nSPS) is 18.0. The zero-order chi connectivity index (χ0) is 20.2. The zero-order valence-corrected chi connectivity index (χ0v) is 16.7. The number of ether oxygens (including phenoxy) is 1. The van der Waals surface area contributed by atoms with E-state index in [1.807, 2.05) is 6.92 Å². The number of nitrogens with zero attached hydrogens (tertiary/aromatic N) is 1. The molecule has 7 heteroatoms. The van der Waals surface area contributed by atoms with E-state index in [2.05, 4.69) is 15.6 Å². The molecule has 2 N–H and O–H groups in total. The molecule has 0 unspecified atom stereocenters. The summed E-state index contributed by atoms with van der Waals surface area (Å²) in [5, 5.41) is 5.95. The first kappa shape index (κ1) is 19.6. The average Bonchev–Trinajstić information content (AvgIpc) is 3.42. The molecule has 1 aliphatic carbocycles. The summed E-state index contributed by atoms with van der Waals surface area (Å²) in [7, 11) is 0. The maximum Gasteiger partial charge on any atom is 0.277 e. The summed E-state index contributed by atoms with van der Waals surface area (Å²) in [4.78, 5) is 29.4. The first-order valence-corrected chi connectivity index (χ1v) is 10.4. The van der Waals surface area contributed by atoms with Crippen molar-refractivity contribution in [2.75, 3.05) is 18.5 Å². The Kier molecular flexibility index (Phi) is 5.94. The highest BCUT2D eigenvalue weighted by Gasteiger charge is 2.23. The van der Waals surface area contributed by atoms with Crippen LogP contribution < -0.4 is 10.6 Å². The molecule has 0 radical (unpaired) electrons. The lowest BCUT2D eigenvalue weighted by atomic mass is 10.0. The highest BCUT2D eigenvalue weighted by molar-refractivity contribution is 6.03. The topological polar surface area (TPSA) is 93.5 Å². The number of aromatic nitrogens is 1. The summed E-state index contributed by atoms with van der Waals surface area (Å²) in [6, 6.07) is 5.58. The van der Waals surface area contributed by atoms with E-state index < -0.39 is 0 Å². The van der Waals surface area contributed by atoms with Gasteiger partial charge in [-0.25, -0.2) is 4.98 Å². The standard InChI is InChI=1S/C22H27N3O4/c1-14-12-16(20(26)23-17-4-2-3-5-17)6-7-18(14)24-21(27)19-13-29-22(25-19)15-8-10-28-11-9-15/h6-7,12-13,15,17H,2-5,8-11H2,1H3,(H,23,26)(H,24,27). The van der Waals surface area contributed by atoms with Crippen LogP contribution in [0.5, 0.6) is 0 Å². The third-order valence-electron chi connectivity index (χ3n) is 5.75. The number of rotatable bonds is 5. The molecule has 4 rings (SSSR count). The zero-order valence-electron chi connectivity index (χ0n) is 16.7. The molecule has 1 aliphatic heterocycles. The molecular formula is C22H27N3O4. The highest BCUT2D eigenvalue weighted by Crippen LogP contribution is 2.26. The SMILES string of the molecule is Cc1cc(C(=O)NC2CCCC2)ccc1NC(=O)c1coc(C2CCOCC2)n1. The van der Waals surface area contributed by atoms with Crippen LogP contribution in [-0.4, -0.2) is 36.1 Å². The van der Waals surface area contributed by atoms with Crippen LogP contribution in [0.4, 0.5) is 5.69 Å². The summed E-state index contributed by atoms with van der Waals surface area (Å²) < 4.78 is 10.9. The van der Waals surface area contributed by atoms with Gasteiger partial charge in [-0.05, 0) is 56.4 Å². The minimum absolute atomic E-state index is 0.0597. The second-order valence-electron chi connectivity index (χ2n) is 7.90. The molecule has 2 aromatic rings. The summed E-state index contributed by atoms with van der Waals surface area (Å²) in [6.45, 7) is 3.25. The molecule has 0 atom stereocenters. The quantitative estimate of drug-likeness (QED) is 0.800. The molecular weight excluding hydrogens is 370 g/mol. The van der Waals surface area contributed by atoms with Crippen LogP contribution in [0.2, 0.25) is 0 Å². The molecule has 1 saturated carbocycles. The van der Waals surface area contributed by atoms with E-state index in [-0.39, 0.29) is 29.5 Å². The van der Waals surface area contributed by atoms with Gasteiger partial charge in [0.1, 0.15) is 6.26 Å². The number of anilines is 1. The first-order chi connectivity index (χ1) is 14.1. The largest absolute Gasteiger partial charge is 0.448 e. The Hall–Kier alpha value is -2.67. The second-order valence-corrected chi connectivity index (χ2v) is 7.90. The molecule has 1 aromatic heterocycles. The number of hydrogen-bond acceptors (Lipinski definition) is 5. The fraction of sp³-hybridized carbons (Fsp3) is 0.500. The van der Waals surface area contributed by atoms with Crippen molar-refractivity contribution in [3.05, 3.63) is 47.2 Å². The molecule has 29 heavy (non-hydrogen) atoms. The molecule has 2 aliphatic rings. The van der Waals surface area contributed by atoms with Crippen LogP contribution in [0.25, 0.3) is 0 Å². The van der Waals surface area contributed by atoms with E-state index in [0.717, 1.165) is 31.2 Å². The van der Waals surface area contributed by atoms with Crippen molar-refractivity contribution in [2.24, 2.45) is 0 Å². The van der Waals surface area contributed by atoms with Gasteiger partial charge in [-0.1, -0.05) is 12.8 Å². The molecule has 2 fully saturated rings. The summed E-state index contributed by atoms with van der Waals surface area (Å²) in [6.07, 6.45) is 7.55. The Labute approximate surface area is 170 Å². The van der Waals surface area contributed by atoms with Gasteiger partial charge in [0.2, 0.25) is 0 Å². The van der Waals surface area contributed by atoms with E-state index in [0.29, 0.717) is 30.4 Å². The van der Waals surface area contributed by atoms with Crippen molar-refractivity contribution in [1.82, 2.24) is 10.3 Å². The Bertz CT molecular complexity index is 880. The smallest absolute Gasteiger partial charge is 0.277 e. The van der Waals surface area contributed by atoms with Crippen molar-refractivity contribution < 1.29 is 18.7 Å². The average molecular weight is 397 g/mol. The lowest BCUT2D eigenvalue weighted by molar-refractivity contribution is 0.0794. The summed E-state index contributed by atoms with van der Waals surface area (Å²) in [5.41, 5.74) is 2.35. The van der Waals surface area contributed by atoms with Crippen LogP contribution in [-0.2, 0) is 4.74 Å². The minimum Gasteiger partial charge on any atom is -0.448 e. The first-order valence-electron chi connectivity index (χ1n) is 10.4. The van der Waals surface area contributed by atoms with Crippen LogP contribution in [0.1, 0.15) is 76.7 Å². The third kappa shape index (κ3) is 4.67. The number of carbonyl (C=O) groups is 2. The van der Waals surface area contributed by atoms with Gasteiger partial charge in [0.05, 0.1) is 0 Å². The number of nitrogens with one attached hydrogen (secondary N) is 2. The van der Waals surface area contributed by atoms with Crippen LogP contribution >= 0.6 is 0 Å². The number of carbonyl (C=O) groups excluding carboxylic acids is 2. The van der Waals surface area contributed by atoms with Gasteiger partial charge in [0, 0.05) is 36.4 Å². The lowest BCUT2D eigenvalue weighted by Gasteiger charge is -2.18. The lowest BCUT2D eigenvalue weighted by Crippen LogP contribution is -2.32. The van der Waals surface area contributed by atoms with Crippen molar-refractivity contribution in [3.63, 3.8) is 0 Å². The van der Waals surface area contributed by atoms with Crippen molar-refractivity contribution in [1.29, 1.82) is 0 Å². The molecule has 2 amide bonds. The molecule has 154 valence electrons. The number of benzene rings is 1. The minimum atomic E-state index is -0.321. The van der Waals surface area contributed by atoms with Crippen molar-refractivity contribution in [3.8, 4) is 0 Å². The predicted molar refractivity (Wildman–Crippen MR) is 108 cm³/mol. The Morgan fingerprint density at radius 2 is 1.83 bits per heavy atom. The maximum absolute atomic E-state index is 12.6. The highest BCUT2D eigenvalue weighted by atomic mass is 16.5. The van der Waals surface area contributed by atoms with E-state index in [1.54, 1.807) is 18.2 Å². The molecule has 7 nitrogen and oxygen atoms in total. The fourth-order valence-electron chi connectivity index (χ4n) is 3.99. The van der Waals surface area contributed by atoms with Gasteiger partial charge < -0.3 is 19.8 Å². The molecule has 0 spiro atoms. The number of amides is 2. The van der Waals surface area contributed by atoms with E-state index in [4.69, 9.17) is 9.15 Å². The fourth-order valence-corrected chi connectivity index (χ4v) is 3.99. The predicted octanol–water partition coefficient (Wildman–Crippen LogP) is 3.80. The number of hydrogen-bond donors (Lipinski definition) is 2. The summed E-state index contributed by atoms with van der Waals surface area (Å²) >= 11 is 0. The molecule has 1 saturated heterocycles. The van der Waals surface area contributed by atoms with E-state index >= 15 is 0 Å². The van der Waals surface area contributed by atoms with Gasteiger partial charge in [-0.2, -0.15) is 0 Å². The van der Waals surface area contributed by atoms with Gasteiger partial charge in [0.15, 0.2) is 11.6 Å². The van der Waals surface area contributed by atoms with Gasteiger partial charge in [-0.15, -0.1) is 0 Å². The maximum atomic E-state index is 12.6. The molecule has 2 heterocycles. The van der Waals surface area contributed by atoms with E-state index in [9.17, 15) is 9.59 Å². The number of oxazole rings is 1. The Morgan fingerprint density at radius 3 is 2.55 bits per heavy atom. The third-order valence-corrected chi connectivity index (χ3v) is 5.75. The Morgan fingerprint density at radius 1 is 1.07 bits per heavy atom. The number of aryl methyl sites for hydroxylation is 1. The second kappa shape index (κ2) is 8.78. The molecule has 0 bridgehead atoms. The summed E-state index contributed by atoms with van der Waals surface area (Å²) in [5.74, 6) is 0.410.